The summed E-state index contributed by atoms with van der Waals surface area (Å²) < 4.78 is 59.5. The number of hydrogen-bond donors (Lipinski definition) is 1. The van der Waals surface area contributed by atoms with E-state index in [2.05, 4.69) is 24.8 Å². The number of nitrogens with zero attached hydrogens (tertiary/aromatic N) is 5. The lowest BCUT2D eigenvalue weighted by Crippen LogP contribution is -2.37. The van der Waals surface area contributed by atoms with E-state index in [1.165, 1.54) is 23.5 Å². The van der Waals surface area contributed by atoms with Gasteiger partial charge in [-0.05, 0) is 55.1 Å². The lowest BCUT2D eigenvalue weighted by Gasteiger charge is -2.32. The minimum absolute atomic E-state index is 0.0158. The maximum absolute atomic E-state index is 14.8. The first-order valence-electron chi connectivity index (χ1n) is 14.2. The second-order valence-electron chi connectivity index (χ2n) is 11.3. The van der Waals surface area contributed by atoms with E-state index >= 15 is 0 Å². The summed E-state index contributed by atoms with van der Waals surface area (Å²) in [6, 6.07) is 4.48. The van der Waals surface area contributed by atoms with Gasteiger partial charge in [0.05, 0.1) is 48.4 Å². The van der Waals surface area contributed by atoms with Crippen molar-refractivity contribution in [2.75, 3.05) is 31.1 Å². The number of alkyl halides is 3. The van der Waals surface area contributed by atoms with Crippen LogP contribution < -0.4 is 9.64 Å². The van der Waals surface area contributed by atoms with Crippen molar-refractivity contribution in [3.05, 3.63) is 64.2 Å². The molecule has 0 spiro atoms. The molecule has 1 aromatic carbocycles. The number of rotatable bonds is 8. The van der Waals surface area contributed by atoms with Gasteiger partial charge in [-0.1, -0.05) is 17.7 Å². The Kier molecular flexibility index (Phi) is 7.99. The first-order valence-corrected chi connectivity index (χ1v) is 14.6. The smallest absolute Gasteiger partial charge is 0.449 e. The van der Waals surface area contributed by atoms with Crippen molar-refractivity contribution in [2.24, 2.45) is 17.8 Å². The van der Waals surface area contributed by atoms with Crippen LogP contribution in [0.4, 0.5) is 23.5 Å². The second kappa shape index (κ2) is 11.7. The first kappa shape index (κ1) is 28.7. The van der Waals surface area contributed by atoms with E-state index < -0.39 is 17.8 Å². The Hall–Kier alpha value is -3.41. The van der Waals surface area contributed by atoms with E-state index in [-0.39, 0.29) is 43.1 Å². The number of aromatic amines is 1. The molecule has 42 heavy (non-hydrogen) atoms. The molecule has 1 saturated heterocycles. The molecule has 1 aliphatic carbocycles. The first-order chi connectivity index (χ1) is 20.1. The number of hydrogen-bond acceptors (Lipinski definition) is 6. The van der Waals surface area contributed by atoms with Gasteiger partial charge in [0.15, 0.2) is 0 Å². The summed E-state index contributed by atoms with van der Waals surface area (Å²) in [5.74, 6) is 1.16. The van der Waals surface area contributed by atoms with Crippen molar-refractivity contribution in [2.45, 2.75) is 51.2 Å². The zero-order chi connectivity index (χ0) is 29.4. The average molecular weight is 607 g/mol. The van der Waals surface area contributed by atoms with E-state index in [0.717, 1.165) is 38.3 Å². The van der Waals surface area contributed by atoms with Gasteiger partial charge in [-0.15, -0.1) is 0 Å². The number of aromatic nitrogens is 4. The van der Waals surface area contributed by atoms with E-state index in [1.807, 2.05) is 0 Å². The maximum atomic E-state index is 14.8. The Morgan fingerprint density at radius 2 is 1.90 bits per heavy atom. The third-order valence-corrected chi connectivity index (χ3v) is 8.78. The van der Waals surface area contributed by atoms with Crippen LogP contribution in [-0.2, 0) is 30.4 Å². The molecular formula is C29H31ClF4N6O2. The maximum Gasteiger partial charge on any atom is 0.449 e. The Morgan fingerprint density at radius 3 is 2.62 bits per heavy atom. The monoisotopic (exact) mass is 606 g/mol. The highest BCUT2D eigenvalue weighted by Gasteiger charge is 2.43. The molecule has 3 aliphatic rings. The Balaban J connectivity index is 0.929. The summed E-state index contributed by atoms with van der Waals surface area (Å²) in [5.41, 5.74) is 0.796. The van der Waals surface area contributed by atoms with Crippen LogP contribution in [0.5, 0.6) is 5.75 Å². The fraction of sp³-hybridized carbons (Fsp3) is 0.517. The Morgan fingerprint density at radius 1 is 1.14 bits per heavy atom. The number of amides is 1. The number of ether oxygens (including phenoxy) is 1. The highest BCUT2D eigenvalue weighted by molar-refractivity contribution is 6.30. The SMILES string of the molecule is O=C(Cc1ccc(OCC[C@@H]2C[C@@H]2C2CCN(c3ncc(Cl)cn3)CC2)cc1F)N1CCc2nc(C(F)(F)F)[nH]c2C1. The van der Waals surface area contributed by atoms with Crippen LogP contribution in [0.25, 0.3) is 0 Å². The van der Waals surface area contributed by atoms with Gasteiger partial charge in [0.25, 0.3) is 0 Å². The number of H-pyrrole nitrogens is 1. The van der Waals surface area contributed by atoms with Crippen LogP contribution in [-0.4, -0.2) is 57.0 Å². The highest BCUT2D eigenvalue weighted by Crippen LogP contribution is 2.50. The van der Waals surface area contributed by atoms with Crippen LogP contribution >= 0.6 is 11.6 Å². The normalized spacial score (nSPS) is 20.9. The van der Waals surface area contributed by atoms with Gasteiger partial charge in [-0.3, -0.25) is 4.79 Å². The molecule has 0 unspecified atom stereocenters. The van der Waals surface area contributed by atoms with Crippen molar-refractivity contribution in [3.63, 3.8) is 0 Å². The number of piperidine rings is 1. The summed E-state index contributed by atoms with van der Waals surface area (Å²) in [6.45, 7) is 2.58. The van der Waals surface area contributed by atoms with Crippen molar-refractivity contribution in [3.8, 4) is 5.75 Å². The quantitative estimate of drug-likeness (QED) is 0.343. The summed E-state index contributed by atoms with van der Waals surface area (Å²) in [4.78, 5) is 30.9. The van der Waals surface area contributed by atoms with Gasteiger partial charge in [0.1, 0.15) is 11.6 Å². The average Bonchev–Trinajstić information content (AvgIpc) is 3.60. The Labute approximate surface area is 245 Å². The molecule has 2 aliphatic heterocycles. The highest BCUT2D eigenvalue weighted by atomic mass is 35.5. The van der Waals surface area contributed by atoms with Crippen molar-refractivity contribution in [1.29, 1.82) is 0 Å². The van der Waals surface area contributed by atoms with Crippen LogP contribution in [0.2, 0.25) is 5.02 Å². The molecule has 4 heterocycles. The van der Waals surface area contributed by atoms with Crippen LogP contribution in [0.1, 0.15) is 48.5 Å². The molecule has 13 heteroatoms. The van der Waals surface area contributed by atoms with Gasteiger partial charge < -0.3 is 19.5 Å². The molecule has 0 radical (unpaired) electrons. The van der Waals surface area contributed by atoms with Gasteiger partial charge in [-0.2, -0.15) is 13.2 Å². The molecule has 8 nitrogen and oxygen atoms in total. The number of carbonyl (C=O) groups is 1. The van der Waals surface area contributed by atoms with Crippen molar-refractivity contribution in [1.82, 2.24) is 24.8 Å². The number of halogens is 5. The van der Waals surface area contributed by atoms with E-state index in [9.17, 15) is 22.4 Å². The molecule has 2 fully saturated rings. The van der Waals surface area contributed by atoms with Gasteiger partial charge in [0.2, 0.25) is 17.7 Å². The second-order valence-corrected chi connectivity index (χ2v) is 11.8. The zero-order valence-electron chi connectivity index (χ0n) is 22.8. The minimum atomic E-state index is -4.58. The van der Waals surface area contributed by atoms with E-state index in [4.69, 9.17) is 16.3 Å². The largest absolute Gasteiger partial charge is 0.493 e. The fourth-order valence-electron chi connectivity index (χ4n) is 6.18. The third-order valence-electron chi connectivity index (χ3n) is 8.59. The minimum Gasteiger partial charge on any atom is -0.493 e. The van der Waals surface area contributed by atoms with Crippen LogP contribution in [0.3, 0.4) is 0 Å². The van der Waals surface area contributed by atoms with Gasteiger partial charge in [0, 0.05) is 32.1 Å². The number of anilines is 1. The molecule has 224 valence electrons. The molecule has 0 bridgehead atoms. The molecule has 1 saturated carbocycles. The topological polar surface area (TPSA) is 87.2 Å². The van der Waals surface area contributed by atoms with Crippen molar-refractivity contribution < 1.29 is 27.1 Å². The van der Waals surface area contributed by atoms with Crippen molar-refractivity contribution >= 4 is 23.5 Å². The third kappa shape index (κ3) is 6.48. The summed E-state index contributed by atoms with van der Waals surface area (Å²) in [6.07, 6.45) is 3.01. The van der Waals surface area contributed by atoms with Crippen LogP contribution in [0, 0.1) is 23.6 Å². The molecule has 2 aromatic heterocycles. The number of benzene rings is 1. The Bertz CT molecular complexity index is 1420. The molecule has 2 atom stereocenters. The fourth-order valence-corrected chi connectivity index (χ4v) is 6.28. The lowest BCUT2D eigenvalue weighted by molar-refractivity contribution is -0.144. The molecular weight excluding hydrogens is 576 g/mol. The van der Waals surface area contributed by atoms with Gasteiger partial charge in [-0.25, -0.2) is 19.3 Å². The lowest BCUT2D eigenvalue weighted by atomic mass is 9.90. The molecule has 3 aromatic rings. The van der Waals surface area contributed by atoms with E-state index in [1.54, 1.807) is 18.5 Å². The number of imidazole rings is 1. The number of nitrogens with one attached hydrogen (secondary N) is 1. The van der Waals surface area contributed by atoms with Crippen LogP contribution in [0.15, 0.2) is 30.6 Å². The molecule has 6 rings (SSSR count). The van der Waals surface area contributed by atoms with E-state index in [0.29, 0.717) is 40.8 Å². The predicted octanol–water partition coefficient (Wildman–Crippen LogP) is 5.46. The zero-order valence-corrected chi connectivity index (χ0v) is 23.6. The molecule has 1 amide bonds. The number of carbonyl (C=O) groups excluding carboxylic acids is 1. The van der Waals surface area contributed by atoms with Gasteiger partial charge >= 0.3 is 6.18 Å². The summed E-state index contributed by atoms with van der Waals surface area (Å²) in [5, 5.41) is 0.531. The summed E-state index contributed by atoms with van der Waals surface area (Å²) >= 11 is 5.89. The predicted molar refractivity (Wildman–Crippen MR) is 147 cm³/mol. The summed E-state index contributed by atoms with van der Waals surface area (Å²) in [7, 11) is 0. The molecule has 1 N–H and O–H groups in total. The standard InChI is InChI=1S/C29H31ClF4N6O2/c30-20-14-35-28(36-15-20)39-7-3-17(4-8-39)22-11-18(22)6-10-42-21-2-1-19(23(31)13-21)12-26(41)40-9-5-24-25(16-40)38-27(37-24)29(32,33)34/h1-2,13-15,17-18,22H,3-12,16H2,(H,37,38)/t18-,22-/m1/s1. The number of fused-ring (bicyclic) bond motifs is 1.